The zero-order valence-corrected chi connectivity index (χ0v) is 21.2. The fourth-order valence-electron chi connectivity index (χ4n) is 4.79. The normalized spacial score (nSPS) is 12.6. The molecule has 0 N–H and O–H groups in total. The first-order valence-electron chi connectivity index (χ1n) is 11.2. The van der Waals surface area contributed by atoms with Gasteiger partial charge in [-0.3, -0.25) is 0 Å². The van der Waals surface area contributed by atoms with Gasteiger partial charge in [-0.25, -0.2) is 0 Å². The maximum Gasteiger partial charge on any atom is 0.0367 e. The van der Waals surface area contributed by atoms with E-state index in [4.69, 9.17) is 0 Å². The van der Waals surface area contributed by atoms with Crippen molar-refractivity contribution in [2.24, 2.45) is 0 Å². The minimum atomic E-state index is 0.996. The number of fused-ring (bicyclic) bond motifs is 4. The van der Waals surface area contributed by atoms with Crippen molar-refractivity contribution in [2.75, 3.05) is 6.26 Å². The van der Waals surface area contributed by atoms with E-state index in [1.165, 1.54) is 59.1 Å². The summed E-state index contributed by atoms with van der Waals surface area (Å²) in [5.41, 5.74) is 2.57. The lowest BCUT2D eigenvalue weighted by molar-refractivity contribution is 1.75. The second-order valence-corrected chi connectivity index (χ2v) is 10.9. The number of benzene rings is 5. The van der Waals surface area contributed by atoms with Crippen LogP contribution in [0.15, 0.2) is 107 Å². The van der Waals surface area contributed by atoms with Gasteiger partial charge in [0.05, 0.1) is 0 Å². The predicted octanol–water partition coefficient (Wildman–Crippen LogP) is 10.2. The van der Waals surface area contributed by atoms with Crippen LogP contribution < -0.4 is 0 Å². The molecule has 0 radical (unpaired) electrons. The van der Waals surface area contributed by atoms with Gasteiger partial charge in [-0.15, -0.1) is 35.7 Å². The molecule has 6 rings (SSSR count). The van der Waals surface area contributed by atoms with Crippen molar-refractivity contribution in [3.05, 3.63) is 112 Å². The third kappa shape index (κ3) is 3.74. The Bertz CT molecular complexity index is 1640. The molecule has 0 aliphatic carbocycles. The quantitative estimate of drug-likeness (QED) is 0.146. The zero-order valence-electron chi connectivity index (χ0n) is 18.7. The predicted molar refractivity (Wildman–Crippen MR) is 159 cm³/mol. The summed E-state index contributed by atoms with van der Waals surface area (Å²) in [5, 5.41) is 12.4. The van der Waals surface area contributed by atoms with Gasteiger partial charge >= 0.3 is 0 Å². The van der Waals surface area contributed by atoms with Crippen molar-refractivity contribution in [3.8, 4) is 10.4 Å². The molecule has 34 heavy (non-hydrogen) atoms. The van der Waals surface area contributed by atoms with Gasteiger partial charge in [0.2, 0.25) is 0 Å². The first kappa shape index (κ1) is 21.5. The topological polar surface area (TPSA) is 0 Å². The molecule has 1 heterocycles. The molecule has 0 nitrogen and oxygen atoms in total. The summed E-state index contributed by atoms with van der Waals surface area (Å²) in [4.78, 5) is 1.30. The second kappa shape index (κ2) is 8.99. The monoisotopic (exact) mass is 490 g/mol. The molecular weight excluding hydrogens is 469 g/mol. The van der Waals surface area contributed by atoms with Crippen LogP contribution in [-0.4, -0.2) is 6.26 Å². The number of hydrogen-bond donors (Lipinski definition) is 1. The molecule has 0 aliphatic heterocycles. The van der Waals surface area contributed by atoms with E-state index >= 15 is 0 Å². The van der Waals surface area contributed by atoms with E-state index in [0.29, 0.717) is 0 Å². The van der Waals surface area contributed by atoms with E-state index < -0.39 is 0 Å². The number of hydrogen-bond acceptors (Lipinski definition) is 3. The fraction of sp³-hybridized carbons (Fsp3) is 0.0323. The number of rotatable bonds is 4. The highest BCUT2D eigenvalue weighted by Gasteiger charge is 2.16. The average Bonchev–Trinajstić information content (AvgIpc) is 3.40. The molecule has 0 bridgehead atoms. The largest absolute Gasteiger partial charge is 0.144 e. The van der Waals surface area contributed by atoms with Crippen molar-refractivity contribution in [3.63, 3.8) is 0 Å². The van der Waals surface area contributed by atoms with Crippen LogP contribution in [0.3, 0.4) is 0 Å². The highest BCUT2D eigenvalue weighted by Crippen LogP contribution is 2.44. The Morgan fingerprint density at radius 3 is 1.74 bits per heavy atom. The van der Waals surface area contributed by atoms with Crippen LogP contribution in [0.4, 0.5) is 0 Å². The van der Waals surface area contributed by atoms with Crippen LogP contribution in [0.1, 0.15) is 5.56 Å². The van der Waals surface area contributed by atoms with Crippen LogP contribution in [0.2, 0.25) is 0 Å². The second-order valence-electron chi connectivity index (χ2n) is 8.32. The van der Waals surface area contributed by atoms with Gasteiger partial charge in [-0.2, -0.15) is 0 Å². The molecule has 0 saturated heterocycles. The van der Waals surface area contributed by atoms with Crippen molar-refractivity contribution in [2.45, 2.75) is 0 Å². The van der Waals surface area contributed by atoms with Gasteiger partial charge in [0.1, 0.15) is 0 Å². The molecule has 0 spiro atoms. The number of allylic oxidation sites excluding steroid dienone is 2. The lowest BCUT2D eigenvalue weighted by Gasteiger charge is -2.17. The van der Waals surface area contributed by atoms with Gasteiger partial charge in [0.15, 0.2) is 0 Å². The van der Waals surface area contributed by atoms with E-state index in [0.717, 1.165) is 4.24 Å². The van der Waals surface area contributed by atoms with E-state index in [1.807, 2.05) is 6.26 Å². The summed E-state index contributed by atoms with van der Waals surface area (Å²) in [6, 6.07) is 31.2. The maximum absolute atomic E-state index is 4.55. The van der Waals surface area contributed by atoms with Gasteiger partial charge in [-0.1, -0.05) is 66.7 Å². The van der Waals surface area contributed by atoms with Gasteiger partial charge in [0, 0.05) is 14.7 Å². The Hall–Kier alpha value is -2.98. The molecule has 0 atom stereocenters. The minimum absolute atomic E-state index is 0.996. The molecular formula is C31H22S3. The Morgan fingerprint density at radius 2 is 1.26 bits per heavy atom. The van der Waals surface area contributed by atoms with E-state index in [1.54, 1.807) is 23.1 Å². The lowest BCUT2D eigenvalue weighted by atomic mass is 9.88. The molecule has 3 heteroatoms. The minimum Gasteiger partial charge on any atom is -0.144 e. The van der Waals surface area contributed by atoms with Gasteiger partial charge in [-0.05, 0) is 96.7 Å². The van der Waals surface area contributed by atoms with Gasteiger partial charge in [0.25, 0.3) is 0 Å². The molecule has 0 aliphatic rings. The Balaban J connectivity index is 1.83. The molecule has 6 aromatic rings. The molecule has 1 aromatic heterocycles. The van der Waals surface area contributed by atoms with Crippen LogP contribution >= 0.6 is 35.7 Å². The third-order valence-electron chi connectivity index (χ3n) is 6.37. The molecule has 0 fully saturated rings. The van der Waals surface area contributed by atoms with Crippen LogP contribution in [0, 0.1) is 0 Å². The smallest absolute Gasteiger partial charge is 0.0367 e. The Labute approximate surface area is 213 Å². The van der Waals surface area contributed by atoms with Crippen molar-refractivity contribution in [1.82, 2.24) is 0 Å². The third-order valence-corrected chi connectivity index (χ3v) is 8.51. The summed E-state index contributed by atoms with van der Waals surface area (Å²) in [6.07, 6.45) is 8.49. The Kier molecular flexibility index (Phi) is 5.70. The number of thiophene rings is 1. The van der Waals surface area contributed by atoms with Crippen molar-refractivity contribution in [1.29, 1.82) is 0 Å². The first-order chi connectivity index (χ1) is 16.7. The number of thiol groups is 1. The van der Waals surface area contributed by atoms with E-state index in [2.05, 4.69) is 121 Å². The molecule has 0 saturated carbocycles. The van der Waals surface area contributed by atoms with E-state index in [-0.39, 0.29) is 0 Å². The molecule has 0 unspecified atom stereocenters. The Morgan fingerprint density at radius 1 is 0.735 bits per heavy atom. The lowest BCUT2D eigenvalue weighted by Crippen LogP contribution is -1.90. The first-order valence-corrected chi connectivity index (χ1v) is 13.7. The highest BCUT2D eigenvalue weighted by atomic mass is 32.2. The summed E-state index contributed by atoms with van der Waals surface area (Å²) in [7, 11) is 0. The van der Waals surface area contributed by atoms with Crippen LogP contribution in [0.25, 0.3) is 59.6 Å². The maximum atomic E-state index is 4.55. The van der Waals surface area contributed by atoms with E-state index in [9.17, 15) is 0 Å². The summed E-state index contributed by atoms with van der Waals surface area (Å²) in [5.74, 6) is 0. The highest BCUT2D eigenvalue weighted by molar-refractivity contribution is 8.15. The van der Waals surface area contributed by atoms with Crippen molar-refractivity contribution < 1.29 is 0 Å². The zero-order chi connectivity index (χ0) is 23.1. The number of thioether (sulfide) groups is 1. The van der Waals surface area contributed by atoms with Gasteiger partial charge < -0.3 is 0 Å². The van der Waals surface area contributed by atoms with Crippen LogP contribution in [-0.2, 0) is 0 Å². The van der Waals surface area contributed by atoms with Crippen molar-refractivity contribution >= 4 is 84.9 Å². The summed E-state index contributed by atoms with van der Waals surface area (Å²) >= 11 is 8.01. The molecule has 0 amide bonds. The fourth-order valence-corrected chi connectivity index (χ4v) is 5.89. The summed E-state index contributed by atoms with van der Waals surface area (Å²) < 4.78 is 0.996. The SMILES string of the molecule is CS/C(S)=C\C=C\c1c2cc3ccccc3cc2c(-c2cccs2)c2cc3ccccc3cc12. The standard InChI is InChI=1S/C31H22S3/c1-33-30(32)14-6-12-24-25-16-20-8-2-4-10-22(20)18-27(25)31(29-13-7-15-34-29)28-19-23-11-5-3-9-21(23)17-26(24)28/h2-19,32H,1H3/b12-6+,30-14-. The molecule has 5 aromatic carbocycles. The average molecular weight is 491 g/mol. The van der Waals surface area contributed by atoms with Crippen LogP contribution in [0.5, 0.6) is 0 Å². The molecule has 164 valence electrons. The summed E-state index contributed by atoms with van der Waals surface area (Å²) in [6.45, 7) is 0.